The monoisotopic (exact) mass is 360 g/mol. The summed E-state index contributed by atoms with van der Waals surface area (Å²) in [6.07, 6.45) is 1.07. The fourth-order valence-electron chi connectivity index (χ4n) is 2.45. The van der Waals surface area contributed by atoms with Gasteiger partial charge in [0, 0.05) is 22.1 Å². The Morgan fingerprint density at radius 3 is 2.55 bits per heavy atom. The molecule has 0 aliphatic heterocycles. The highest BCUT2D eigenvalue weighted by Gasteiger charge is 2.15. The molecule has 20 heavy (non-hydrogen) atoms. The Morgan fingerprint density at radius 1 is 1.35 bits per heavy atom. The Hall–Kier alpha value is -0.0900. The van der Waals surface area contributed by atoms with Crippen LogP contribution in [0.4, 0.5) is 0 Å². The van der Waals surface area contributed by atoms with E-state index in [0.717, 1.165) is 35.6 Å². The molecule has 0 amide bonds. The highest BCUT2D eigenvalue weighted by atomic mass is 79.9. The molecule has 1 rings (SSSR count). The molecular weight excluding hydrogens is 336 g/mol. The second-order valence-electron chi connectivity index (χ2n) is 5.58. The Kier molecular flexibility index (Phi) is 8.11. The minimum Gasteiger partial charge on any atom is -0.313 e. The molecule has 1 atom stereocenters. The highest BCUT2D eigenvalue weighted by molar-refractivity contribution is 9.10. The van der Waals surface area contributed by atoms with Gasteiger partial charge in [-0.1, -0.05) is 54.4 Å². The van der Waals surface area contributed by atoms with Crippen molar-refractivity contribution in [2.24, 2.45) is 5.92 Å². The Morgan fingerprint density at radius 2 is 2.05 bits per heavy atom. The second kappa shape index (κ2) is 9.04. The third-order valence-electron chi connectivity index (χ3n) is 3.49. The summed E-state index contributed by atoms with van der Waals surface area (Å²) >= 11 is 9.81. The number of hydrogen-bond acceptors (Lipinski definition) is 2. The van der Waals surface area contributed by atoms with Gasteiger partial charge in [-0.2, -0.15) is 0 Å². The lowest BCUT2D eigenvalue weighted by Crippen LogP contribution is -2.31. The largest absolute Gasteiger partial charge is 0.313 e. The summed E-state index contributed by atoms with van der Waals surface area (Å²) in [5.41, 5.74) is 1.18. The van der Waals surface area contributed by atoms with Crippen molar-refractivity contribution in [3.8, 4) is 0 Å². The summed E-state index contributed by atoms with van der Waals surface area (Å²) in [4.78, 5) is 2.50. The van der Waals surface area contributed by atoms with Gasteiger partial charge in [0.15, 0.2) is 0 Å². The lowest BCUT2D eigenvalue weighted by Gasteiger charge is -2.26. The van der Waals surface area contributed by atoms with Gasteiger partial charge in [-0.15, -0.1) is 0 Å². The van der Waals surface area contributed by atoms with Gasteiger partial charge in [0.1, 0.15) is 0 Å². The molecule has 1 aromatic rings. The lowest BCUT2D eigenvalue weighted by atomic mass is 10.0. The molecule has 1 unspecified atom stereocenters. The van der Waals surface area contributed by atoms with Crippen LogP contribution >= 0.6 is 27.5 Å². The second-order valence-corrected chi connectivity index (χ2v) is 6.91. The van der Waals surface area contributed by atoms with E-state index in [-0.39, 0.29) is 0 Å². The van der Waals surface area contributed by atoms with Crippen molar-refractivity contribution in [1.29, 1.82) is 0 Å². The quantitative estimate of drug-likeness (QED) is 0.720. The molecule has 0 radical (unpaired) electrons. The molecule has 2 nitrogen and oxygen atoms in total. The van der Waals surface area contributed by atoms with E-state index in [1.165, 1.54) is 5.56 Å². The summed E-state index contributed by atoms with van der Waals surface area (Å²) in [5, 5.41) is 4.21. The molecule has 0 bridgehead atoms. The minimum absolute atomic E-state index is 0.303. The highest BCUT2D eigenvalue weighted by Crippen LogP contribution is 2.28. The van der Waals surface area contributed by atoms with Crippen LogP contribution in [-0.2, 0) is 0 Å². The van der Waals surface area contributed by atoms with Gasteiger partial charge in [0.05, 0.1) is 0 Å². The van der Waals surface area contributed by atoms with E-state index in [1.807, 2.05) is 13.1 Å². The van der Waals surface area contributed by atoms with Crippen molar-refractivity contribution in [1.82, 2.24) is 10.2 Å². The number of nitrogens with zero attached hydrogens (tertiary/aromatic N) is 1. The third-order valence-corrected chi connectivity index (χ3v) is 4.31. The Labute approximate surface area is 137 Å². The van der Waals surface area contributed by atoms with Crippen LogP contribution in [0.2, 0.25) is 5.02 Å². The van der Waals surface area contributed by atoms with E-state index < -0.39 is 0 Å². The summed E-state index contributed by atoms with van der Waals surface area (Å²) in [7, 11) is 2.00. The van der Waals surface area contributed by atoms with Gasteiger partial charge < -0.3 is 10.2 Å². The van der Waals surface area contributed by atoms with Crippen molar-refractivity contribution in [2.75, 3.05) is 26.7 Å². The third kappa shape index (κ3) is 5.72. The average molecular weight is 362 g/mol. The molecule has 114 valence electrons. The van der Waals surface area contributed by atoms with E-state index in [0.29, 0.717) is 12.0 Å². The maximum atomic E-state index is 6.35. The fraction of sp³-hybridized carbons (Fsp3) is 0.625. The van der Waals surface area contributed by atoms with Crippen LogP contribution in [0, 0.1) is 5.92 Å². The van der Waals surface area contributed by atoms with Crippen LogP contribution < -0.4 is 5.32 Å². The maximum absolute atomic E-state index is 6.35. The van der Waals surface area contributed by atoms with E-state index in [1.54, 1.807) is 0 Å². The predicted octanol–water partition coefficient (Wildman–Crippen LogP) is 4.73. The van der Waals surface area contributed by atoms with Gasteiger partial charge in [-0.25, -0.2) is 0 Å². The minimum atomic E-state index is 0.303. The summed E-state index contributed by atoms with van der Waals surface area (Å²) in [5.74, 6) is 0.708. The Balaban J connectivity index is 2.67. The number of hydrogen-bond donors (Lipinski definition) is 1. The van der Waals surface area contributed by atoms with E-state index in [9.17, 15) is 0 Å². The van der Waals surface area contributed by atoms with Gasteiger partial charge in [0.25, 0.3) is 0 Å². The van der Waals surface area contributed by atoms with Gasteiger partial charge in [-0.05, 0) is 50.2 Å². The molecule has 0 aliphatic carbocycles. The first-order valence-electron chi connectivity index (χ1n) is 7.32. The predicted molar refractivity (Wildman–Crippen MR) is 92.5 cm³/mol. The SMILES string of the molecule is CCN(CCC(NC)c1ccc(Br)cc1Cl)CC(C)C. The van der Waals surface area contributed by atoms with Gasteiger partial charge >= 0.3 is 0 Å². The summed E-state index contributed by atoms with van der Waals surface area (Å²) < 4.78 is 1.02. The molecule has 0 aliphatic rings. The van der Waals surface area contributed by atoms with Crippen LogP contribution in [-0.4, -0.2) is 31.6 Å². The zero-order valence-corrected chi connectivity index (χ0v) is 15.3. The summed E-state index contributed by atoms with van der Waals surface area (Å²) in [6.45, 7) is 10.1. The molecular formula is C16H26BrClN2. The van der Waals surface area contributed by atoms with E-state index in [2.05, 4.69) is 59.1 Å². The average Bonchev–Trinajstić information content (AvgIpc) is 2.39. The van der Waals surface area contributed by atoms with Crippen molar-refractivity contribution < 1.29 is 0 Å². The molecule has 0 saturated heterocycles. The molecule has 1 N–H and O–H groups in total. The fourth-order valence-corrected chi connectivity index (χ4v) is 3.25. The van der Waals surface area contributed by atoms with E-state index in [4.69, 9.17) is 11.6 Å². The molecule has 0 heterocycles. The zero-order valence-electron chi connectivity index (χ0n) is 12.9. The number of benzene rings is 1. The Bertz CT molecular complexity index is 409. The molecule has 0 saturated carbocycles. The summed E-state index contributed by atoms with van der Waals surface area (Å²) in [6, 6.07) is 6.42. The van der Waals surface area contributed by atoms with Crippen molar-refractivity contribution in [2.45, 2.75) is 33.2 Å². The first-order valence-corrected chi connectivity index (χ1v) is 8.49. The van der Waals surface area contributed by atoms with Crippen LogP contribution in [0.1, 0.15) is 38.8 Å². The van der Waals surface area contributed by atoms with E-state index >= 15 is 0 Å². The molecule has 0 aromatic heterocycles. The van der Waals surface area contributed by atoms with Gasteiger partial charge in [0.2, 0.25) is 0 Å². The lowest BCUT2D eigenvalue weighted by molar-refractivity contribution is 0.243. The number of rotatable bonds is 8. The van der Waals surface area contributed by atoms with Crippen molar-refractivity contribution >= 4 is 27.5 Å². The molecule has 0 fully saturated rings. The van der Waals surface area contributed by atoms with Crippen molar-refractivity contribution in [3.63, 3.8) is 0 Å². The smallest absolute Gasteiger partial charge is 0.0465 e. The van der Waals surface area contributed by atoms with Gasteiger partial charge in [-0.3, -0.25) is 0 Å². The topological polar surface area (TPSA) is 15.3 Å². The zero-order chi connectivity index (χ0) is 15.1. The molecule has 1 aromatic carbocycles. The normalized spacial score (nSPS) is 13.2. The van der Waals surface area contributed by atoms with Crippen molar-refractivity contribution in [3.05, 3.63) is 33.3 Å². The molecule has 0 spiro atoms. The van der Waals surface area contributed by atoms with Crippen LogP contribution in [0.25, 0.3) is 0 Å². The molecule has 4 heteroatoms. The van der Waals surface area contributed by atoms with Crippen LogP contribution in [0.3, 0.4) is 0 Å². The maximum Gasteiger partial charge on any atom is 0.0465 e. The van der Waals surface area contributed by atoms with Crippen LogP contribution in [0.15, 0.2) is 22.7 Å². The van der Waals surface area contributed by atoms with Crippen LogP contribution in [0.5, 0.6) is 0 Å². The number of nitrogens with one attached hydrogen (secondary N) is 1. The first kappa shape index (κ1) is 18.0. The number of halogens is 2. The standard InChI is InChI=1S/C16H26BrClN2/c1-5-20(11-12(2)3)9-8-16(19-4)14-7-6-13(17)10-15(14)18/h6-7,10,12,16,19H,5,8-9,11H2,1-4H3. The first-order chi connectivity index (χ1) is 9.47.